The fourth-order valence-corrected chi connectivity index (χ4v) is 1.56. The summed E-state index contributed by atoms with van der Waals surface area (Å²) < 4.78 is 0.880. The predicted molar refractivity (Wildman–Crippen MR) is 63.7 cm³/mol. The van der Waals surface area contributed by atoms with Crippen molar-refractivity contribution in [3.63, 3.8) is 0 Å². The molecule has 0 bridgehead atoms. The summed E-state index contributed by atoms with van der Waals surface area (Å²) in [5.74, 6) is 0.436. The zero-order valence-electron chi connectivity index (χ0n) is 9.20. The molecule has 0 atom stereocenters. The molecule has 0 radical (unpaired) electrons. The van der Waals surface area contributed by atoms with Crippen LogP contribution in [0.4, 0.5) is 0 Å². The van der Waals surface area contributed by atoms with Crippen molar-refractivity contribution < 1.29 is 4.79 Å². The second-order valence-electron chi connectivity index (χ2n) is 3.94. The maximum atomic E-state index is 11.8. The quantitative estimate of drug-likeness (QED) is 0.846. The topological polar surface area (TPSA) is 33.2 Å². The average Bonchev–Trinajstić information content (AvgIpc) is 2.17. The minimum Gasteiger partial charge on any atom is -0.340 e. The highest BCUT2D eigenvalue weighted by Crippen LogP contribution is 2.09. The molecule has 3 nitrogen and oxygen atoms in total. The van der Waals surface area contributed by atoms with E-state index in [1.807, 2.05) is 6.07 Å². The van der Waals surface area contributed by atoms with Gasteiger partial charge in [-0.1, -0.05) is 13.8 Å². The summed E-state index contributed by atoms with van der Waals surface area (Å²) in [6.45, 7) is 4.91. The van der Waals surface area contributed by atoms with Gasteiger partial charge < -0.3 is 4.90 Å². The van der Waals surface area contributed by atoms with Crippen LogP contribution in [0.5, 0.6) is 0 Å². The number of pyridine rings is 1. The van der Waals surface area contributed by atoms with E-state index in [9.17, 15) is 4.79 Å². The molecule has 15 heavy (non-hydrogen) atoms. The minimum atomic E-state index is -0.0313. The Balaban J connectivity index is 2.72. The highest BCUT2D eigenvalue weighted by molar-refractivity contribution is 9.10. The van der Waals surface area contributed by atoms with Gasteiger partial charge in [0, 0.05) is 24.3 Å². The third-order valence-electron chi connectivity index (χ3n) is 1.93. The Morgan fingerprint density at radius 3 is 2.67 bits per heavy atom. The van der Waals surface area contributed by atoms with Crippen LogP contribution < -0.4 is 0 Å². The van der Waals surface area contributed by atoms with Crippen LogP contribution in [-0.4, -0.2) is 29.4 Å². The number of hydrogen-bond donors (Lipinski definition) is 0. The molecule has 0 aliphatic rings. The number of carbonyl (C=O) groups is 1. The van der Waals surface area contributed by atoms with Crippen molar-refractivity contribution >= 4 is 21.8 Å². The van der Waals surface area contributed by atoms with E-state index in [0.717, 1.165) is 11.0 Å². The monoisotopic (exact) mass is 270 g/mol. The largest absolute Gasteiger partial charge is 0.340 e. The van der Waals surface area contributed by atoms with Crippen LogP contribution in [0, 0.1) is 5.92 Å². The van der Waals surface area contributed by atoms with Crippen LogP contribution in [0.15, 0.2) is 22.8 Å². The smallest absolute Gasteiger partial charge is 0.272 e. The van der Waals surface area contributed by atoms with E-state index in [4.69, 9.17) is 0 Å². The standard InChI is InChI=1S/C11H15BrN2O/c1-8(2)7-14(3)11(15)10-5-4-9(12)6-13-10/h4-6,8H,7H2,1-3H3. The summed E-state index contributed by atoms with van der Waals surface area (Å²) in [5.41, 5.74) is 0.487. The molecule has 0 aliphatic heterocycles. The molecule has 82 valence electrons. The first kappa shape index (κ1) is 12.2. The molecule has 0 saturated carbocycles. The second kappa shape index (κ2) is 5.26. The van der Waals surface area contributed by atoms with Crippen molar-refractivity contribution in [1.82, 2.24) is 9.88 Å². The van der Waals surface area contributed by atoms with Gasteiger partial charge in [0.05, 0.1) is 0 Å². The molecule has 0 fully saturated rings. The van der Waals surface area contributed by atoms with E-state index in [0.29, 0.717) is 11.6 Å². The molecular weight excluding hydrogens is 256 g/mol. The normalized spacial score (nSPS) is 10.5. The minimum absolute atomic E-state index is 0.0313. The summed E-state index contributed by atoms with van der Waals surface area (Å²) in [4.78, 5) is 17.6. The molecule has 0 saturated heterocycles. The molecule has 0 N–H and O–H groups in total. The first-order valence-corrected chi connectivity index (χ1v) is 5.67. The van der Waals surface area contributed by atoms with Crippen molar-refractivity contribution in [2.75, 3.05) is 13.6 Å². The van der Waals surface area contributed by atoms with Crippen LogP contribution in [0.2, 0.25) is 0 Å². The number of aromatic nitrogens is 1. The van der Waals surface area contributed by atoms with Crippen LogP contribution in [-0.2, 0) is 0 Å². The highest BCUT2D eigenvalue weighted by Gasteiger charge is 2.13. The van der Waals surface area contributed by atoms with E-state index < -0.39 is 0 Å². The lowest BCUT2D eigenvalue weighted by Gasteiger charge is -2.18. The van der Waals surface area contributed by atoms with Gasteiger partial charge in [-0.05, 0) is 34.0 Å². The number of nitrogens with zero attached hydrogens (tertiary/aromatic N) is 2. The fourth-order valence-electron chi connectivity index (χ4n) is 1.33. The Kier molecular flexibility index (Phi) is 4.27. The third-order valence-corrected chi connectivity index (χ3v) is 2.40. The third kappa shape index (κ3) is 3.63. The van der Waals surface area contributed by atoms with Gasteiger partial charge in [0.1, 0.15) is 5.69 Å². The average molecular weight is 271 g/mol. The zero-order valence-corrected chi connectivity index (χ0v) is 10.8. The van der Waals surface area contributed by atoms with Crippen molar-refractivity contribution in [3.8, 4) is 0 Å². The summed E-state index contributed by atoms with van der Waals surface area (Å²) >= 11 is 3.28. The Labute approximate surface area is 98.6 Å². The molecule has 1 aromatic heterocycles. The van der Waals surface area contributed by atoms with E-state index in [1.165, 1.54) is 0 Å². The van der Waals surface area contributed by atoms with E-state index in [-0.39, 0.29) is 5.91 Å². The first-order chi connectivity index (χ1) is 7.00. The van der Waals surface area contributed by atoms with Crippen LogP contribution in [0.1, 0.15) is 24.3 Å². The maximum absolute atomic E-state index is 11.8. The van der Waals surface area contributed by atoms with Crippen molar-refractivity contribution in [1.29, 1.82) is 0 Å². The number of amides is 1. The van der Waals surface area contributed by atoms with Gasteiger partial charge in [0.15, 0.2) is 0 Å². The zero-order chi connectivity index (χ0) is 11.4. The first-order valence-electron chi connectivity index (χ1n) is 4.87. The molecule has 1 rings (SSSR count). The predicted octanol–water partition coefficient (Wildman–Crippen LogP) is 2.57. The van der Waals surface area contributed by atoms with Crippen LogP contribution in [0.25, 0.3) is 0 Å². The summed E-state index contributed by atoms with van der Waals surface area (Å²) in [5, 5.41) is 0. The molecule has 4 heteroatoms. The Bertz CT molecular complexity index is 335. The summed E-state index contributed by atoms with van der Waals surface area (Å²) in [6.07, 6.45) is 1.64. The van der Waals surface area contributed by atoms with Gasteiger partial charge in [-0.25, -0.2) is 4.98 Å². The fraction of sp³-hybridized carbons (Fsp3) is 0.455. The van der Waals surface area contributed by atoms with Gasteiger partial charge in [-0.3, -0.25) is 4.79 Å². The lowest BCUT2D eigenvalue weighted by atomic mass is 10.2. The van der Waals surface area contributed by atoms with E-state index in [2.05, 4.69) is 34.8 Å². The van der Waals surface area contributed by atoms with Crippen LogP contribution in [0.3, 0.4) is 0 Å². The Morgan fingerprint density at radius 2 is 2.20 bits per heavy atom. The molecule has 0 aliphatic carbocycles. The lowest BCUT2D eigenvalue weighted by Crippen LogP contribution is -2.30. The Hall–Kier alpha value is -0.900. The summed E-state index contributed by atoms with van der Waals surface area (Å²) in [6, 6.07) is 3.55. The van der Waals surface area contributed by atoms with Crippen LogP contribution >= 0.6 is 15.9 Å². The van der Waals surface area contributed by atoms with Crippen molar-refractivity contribution in [2.24, 2.45) is 5.92 Å². The number of carbonyl (C=O) groups excluding carboxylic acids is 1. The number of hydrogen-bond acceptors (Lipinski definition) is 2. The lowest BCUT2D eigenvalue weighted by molar-refractivity contribution is 0.0773. The molecule has 1 heterocycles. The number of halogens is 1. The van der Waals surface area contributed by atoms with Gasteiger partial charge in [0.25, 0.3) is 5.91 Å². The Morgan fingerprint density at radius 1 is 1.53 bits per heavy atom. The van der Waals surface area contributed by atoms with Gasteiger partial charge in [-0.2, -0.15) is 0 Å². The van der Waals surface area contributed by atoms with Gasteiger partial charge in [0.2, 0.25) is 0 Å². The molecular formula is C11H15BrN2O. The SMILES string of the molecule is CC(C)CN(C)C(=O)c1ccc(Br)cn1. The van der Waals surface area contributed by atoms with Gasteiger partial charge in [-0.15, -0.1) is 0 Å². The summed E-state index contributed by atoms with van der Waals surface area (Å²) in [7, 11) is 1.80. The van der Waals surface area contributed by atoms with Gasteiger partial charge >= 0.3 is 0 Å². The number of rotatable bonds is 3. The van der Waals surface area contributed by atoms with Crippen molar-refractivity contribution in [3.05, 3.63) is 28.5 Å². The molecule has 0 unspecified atom stereocenters. The van der Waals surface area contributed by atoms with E-state index in [1.54, 1.807) is 24.2 Å². The van der Waals surface area contributed by atoms with Crippen molar-refractivity contribution in [2.45, 2.75) is 13.8 Å². The molecule has 1 amide bonds. The van der Waals surface area contributed by atoms with E-state index >= 15 is 0 Å². The maximum Gasteiger partial charge on any atom is 0.272 e. The highest BCUT2D eigenvalue weighted by atomic mass is 79.9. The molecule has 1 aromatic rings. The molecule has 0 spiro atoms. The second-order valence-corrected chi connectivity index (χ2v) is 4.86. The molecule has 0 aromatic carbocycles.